The SMILES string of the molecule is CC(C)NC(Cn1cc(C(F)(F)F)cn1)(C(=O)O)C1CC1. The molecule has 1 aliphatic carbocycles. The van der Waals surface area contributed by atoms with Gasteiger partial charge in [0.2, 0.25) is 0 Å². The van der Waals surface area contributed by atoms with Crippen LogP contribution >= 0.6 is 0 Å². The molecule has 0 aromatic carbocycles. The lowest BCUT2D eigenvalue weighted by atomic mass is 9.92. The Morgan fingerprint density at radius 2 is 2.14 bits per heavy atom. The third kappa shape index (κ3) is 3.37. The van der Waals surface area contributed by atoms with Gasteiger partial charge in [0.1, 0.15) is 5.54 Å². The maximum absolute atomic E-state index is 12.6. The van der Waals surface area contributed by atoms with Crippen LogP contribution in [0.3, 0.4) is 0 Å². The molecule has 2 N–H and O–H groups in total. The van der Waals surface area contributed by atoms with Gasteiger partial charge >= 0.3 is 12.1 Å². The molecular formula is C13H18F3N3O2. The summed E-state index contributed by atoms with van der Waals surface area (Å²) in [5.41, 5.74) is -2.15. The second kappa shape index (κ2) is 5.32. The minimum absolute atomic E-state index is 0.0871. The lowest BCUT2D eigenvalue weighted by Crippen LogP contribution is -2.59. The van der Waals surface area contributed by atoms with Crippen LogP contribution in [-0.4, -0.2) is 32.4 Å². The van der Waals surface area contributed by atoms with Crippen LogP contribution in [0.4, 0.5) is 13.2 Å². The van der Waals surface area contributed by atoms with E-state index in [-0.39, 0.29) is 18.5 Å². The molecule has 0 bridgehead atoms. The van der Waals surface area contributed by atoms with Crippen LogP contribution in [0.5, 0.6) is 0 Å². The van der Waals surface area contributed by atoms with Crippen molar-refractivity contribution in [2.45, 2.75) is 51.0 Å². The van der Waals surface area contributed by atoms with Crippen molar-refractivity contribution in [2.75, 3.05) is 0 Å². The summed E-state index contributed by atoms with van der Waals surface area (Å²) >= 11 is 0. The Morgan fingerprint density at radius 3 is 2.52 bits per heavy atom. The highest BCUT2D eigenvalue weighted by Crippen LogP contribution is 2.41. The number of halogens is 3. The molecule has 2 rings (SSSR count). The van der Waals surface area contributed by atoms with E-state index < -0.39 is 23.2 Å². The zero-order chi connectivity index (χ0) is 15.8. The number of rotatable bonds is 6. The Kier molecular flexibility index (Phi) is 4.01. The van der Waals surface area contributed by atoms with Crippen LogP contribution in [-0.2, 0) is 17.5 Å². The third-order valence-electron chi connectivity index (χ3n) is 3.57. The Bertz CT molecular complexity index is 523. The van der Waals surface area contributed by atoms with E-state index in [0.717, 1.165) is 29.9 Å². The highest BCUT2D eigenvalue weighted by molar-refractivity contribution is 5.79. The van der Waals surface area contributed by atoms with Gasteiger partial charge in [-0.2, -0.15) is 18.3 Å². The number of nitrogens with one attached hydrogen (secondary N) is 1. The molecule has 1 atom stereocenters. The van der Waals surface area contributed by atoms with E-state index in [4.69, 9.17) is 0 Å². The predicted molar refractivity (Wildman–Crippen MR) is 68.6 cm³/mol. The largest absolute Gasteiger partial charge is 0.480 e. The van der Waals surface area contributed by atoms with E-state index in [0.29, 0.717) is 0 Å². The van der Waals surface area contributed by atoms with Gasteiger partial charge in [-0.05, 0) is 32.6 Å². The molecule has 21 heavy (non-hydrogen) atoms. The molecule has 1 saturated carbocycles. The zero-order valence-electron chi connectivity index (χ0n) is 11.8. The summed E-state index contributed by atoms with van der Waals surface area (Å²) in [6.07, 6.45) is -1.41. The van der Waals surface area contributed by atoms with Gasteiger partial charge < -0.3 is 5.11 Å². The van der Waals surface area contributed by atoms with Gasteiger partial charge in [0.05, 0.1) is 18.3 Å². The highest BCUT2D eigenvalue weighted by Gasteiger charge is 2.52. The molecule has 1 heterocycles. The molecular weight excluding hydrogens is 287 g/mol. The number of nitrogens with zero attached hydrogens (tertiary/aromatic N) is 2. The molecule has 0 spiro atoms. The van der Waals surface area contributed by atoms with Gasteiger partial charge in [0, 0.05) is 12.2 Å². The summed E-state index contributed by atoms with van der Waals surface area (Å²) in [5.74, 6) is -1.14. The van der Waals surface area contributed by atoms with Crippen molar-refractivity contribution in [3.8, 4) is 0 Å². The van der Waals surface area contributed by atoms with Crippen LogP contribution < -0.4 is 5.32 Å². The number of carboxylic acid groups (broad SMARTS) is 1. The molecule has 1 aliphatic rings. The van der Waals surface area contributed by atoms with Crippen LogP contribution in [0.2, 0.25) is 0 Å². The van der Waals surface area contributed by atoms with Crippen molar-refractivity contribution in [3.63, 3.8) is 0 Å². The Balaban J connectivity index is 2.26. The minimum atomic E-state index is -4.48. The van der Waals surface area contributed by atoms with E-state index in [1.165, 1.54) is 0 Å². The number of hydrogen-bond acceptors (Lipinski definition) is 3. The van der Waals surface area contributed by atoms with E-state index in [1.54, 1.807) is 0 Å². The first-order valence-electron chi connectivity index (χ1n) is 6.76. The Morgan fingerprint density at radius 1 is 1.52 bits per heavy atom. The number of aliphatic carboxylic acids is 1. The number of alkyl halides is 3. The molecule has 5 nitrogen and oxygen atoms in total. The molecule has 8 heteroatoms. The van der Waals surface area contributed by atoms with Crippen molar-refractivity contribution in [1.29, 1.82) is 0 Å². The van der Waals surface area contributed by atoms with Crippen molar-refractivity contribution >= 4 is 5.97 Å². The topological polar surface area (TPSA) is 67.2 Å². The summed E-state index contributed by atoms with van der Waals surface area (Å²) in [6, 6.07) is -0.0978. The van der Waals surface area contributed by atoms with Gasteiger partial charge in [-0.15, -0.1) is 0 Å². The monoisotopic (exact) mass is 305 g/mol. The normalized spacial score (nSPS) is 18.8. The minimum Gasteiger partial charge on any atom is -0.480 e. The fraction of sp³-hybridized carbons (Fsp3) is 0.692. The van der Waals surface area contributed by atoms with Crippen molar-refractivity contribution in [3.05, 3.63) is 18.0 Å². The van der Waals surface area contributed by atoms with Gasteiger partial charge in [-0.25, -0.2) is 0 Å². The smallest absolute Gasteiger partial charge is 0.419 e. The second-order valence-electron chi connectivity index (χ2n) is 5.77. The van der Waals surface area contributed by atoms with Crippen LogP contribution in [0, 0.1) is 5.92 Å². The fourth-order valence-electron chi connectivity index (χ4n) is 2.54. The molecule has 0 amide bonds. The Labute approximate surface area is 120 Å². The molecule has 1 aromatic heterocycles. The maximum Gasteiger partial charge on any atom is 0.419 e. The summed E-state index contributed by atoms with van der Waals surface area (Å²) in [4.78, 5) is 11.7. The summed E-state index contributed by atoms with van der Waals surface area (Å²) < 4.78 is 38.8. The predicted octanol–water partition coefficient (Wildman–Crippen LogP) is 2.13. The Hall–Kier alpha value is -1.57. The van der Waals surface area contributed by atoms with Gasteiger partial charge in [0.25, 0.3) is 0 Å². The molecule has 118 valence electrons. The summed E-state index contributed by atoms with van der Waals surface area (Å²) in [6.45, 7) is 3.50. The summed E-state index contributed by atoms with van der Waals surface area (Å²) in [7, 11) is 0. The van der Waals surface area contributed by atoms with E-state index in [2.05, 4.69) is 10.4 Å². The van der Waals surface area contributed by atoms with E-state index in [1.807, 2.05) is 13.8 Å². The first-order chi connectivity index (χ1) is 9.65. The maximum atomic E-state index is 12.6. The summed E-state index contributed by atoms with van der Waals surface area (Å²) in [5, 5.41) is 16.3. The number of hydrogen-bond donors (Lipinski definition) is 2. The third-order valence-corrected chi connectivity index (χ3v) is 3.57. The lowest BCUT2D eigenvalue weighted by molar-refractivity contribution is -0.147. The van der Waals surface area contributed by atoms with Crippen LogP contribution in [0.25, 0.3) is 0 Å². The van der Waals surface area contributed by atoms with Crippen molar-refractivity contribution in [2.24, 2.45) is 5.92 Å². The number of carbonyl (C=O) groups is 1. The molecule has 0 radical (unpaired) electrons. The van der Waals surface area contributed by atoms with Crippen molar-refractivity contribution in [1.82, 2.24) is 15.1 Å². The standard InChI is InChI=1S/C13H18F3N3O2/c1-8(2)18-12(11(20)21,9-3-4-9)7-19-6-10(5-17-19)13(14,15)16/h5-6,8-9,18H,3-4,7H2,1-2H3,(H,20,21). The zero-order valence-corrected chi connectivity index (χ0v) is 11.8. The first kappa shape index (κ1) is 15.8. The van der Waals surface area contributed by atoms with E-state index in [9.17, 15) is 23.1 Å². The van der Waals surface area contributed by atoms with Gasteiger partial charge in [-0.1, -0.05) is 0 Å². The molecule has 1 aromatic rings. The fourth-order valence-corrected chi connectivity index (χ4v) is 2.54. The van der Waals surface area contributed by atoms with Crippen LogP contribution in [0.15, 0.2) is 12.4 Å². The van der Waals surface area contributed by atoms with Gasteiger partial charge in [-0.3, -0.25) is 14.8 Å². The highest BCUT2D eigenvalue weighted by atomic mass is 19.4. The van der Waals surface area contributed by atoms with Crippen LogP contribution in [0.1, 0.15) is 32.3 Å². The number of aromatic nitrogens is 2. The van der Waals surface area contributed by atoms with E-state index >= 15 is 0 Å². The average molecular weight is 305 g/mol. The molecule has 1 unspecified atom stereocenters. The van der Waals surface area contributed by atoms with Gasteiger partial charge in [0.15, 0.2) is 0 Å². The molecule has 0 saturated heterocycles. The quantitative estimate of drug-likeness (QED) is 0.845. The van der Waals surface area contributed by atoms with Crippen molar-refractivity contribution < 1.29 is 23.1 Å². The molecule has 0 aliphatic heterocycles. The first-order valence-corrected chi connectivity index (χ1v) is 6.76. The molecule has 1 fully saturated rings. The lowest BCUT2D eigenvalue weighted by Gasteiger charge is -2.32. The average Bonchev–Trinajstić information content (AvgIpc) is 3.07. The number of carboxylic acids is 1. The second-order valence-corrected chi connectivity index (χ2v) is 5.77.